The lowest BCUT2D eigenvalue weighted by Crippen LogP contribution is -2.30. The Hall–Kier alpha value is -3.06. The van der Waals surface area contributed by atoms with E-state index < -0.39 is 0 Å². The van der Waals surface area contributed by atoms with Gasteiger partial charge in [-0.2, -0.15) is 5.10 Å². The lowest BCUT2D eigenvalue weighted by atomic mass is 9.85. The van der Waals surface area contributed by atoms with Crippen LogP contribution in [0.1, 0.15) is 44.3 Å². The Balaban J connectivity index is 1.71. The summed E-state index contributed by atoms with van der Waals surface area (Å²) in [6.07, 6.45) is 8.08. The molecule has 4 aromatic rings. The van der Waals surface area contributed by atoms with E-state index in [1.54, 1.807) is 30.0 Å². The van der Waals surface area contributed by atoms with Crippen molar-refractivity contribution in [2.45, 2.75) is 45.3 Å². The average Bonchev–Trinajstić information content (AvgIpc) is 3.14. The summed E-state index contributed by atoms with van der Waals surface area (Å²) in [4.78, 5) is 18.0. The zero-order chi connectivity index (χ0) is 21.5. The molecule has 0 aliphatic heterocycles. The van der Waals surface area contributed by atoms with E-state index in [-0.39, 0.29) is 24.0 Å². The van der Waals surface area contributed by atoms with Crippen LogP contribution in [0, 0.1) is 11.7 Å². The average molecular weight is 420 g/mol. The van der Waals surface area contributed by atoms with Crippen molar-refractivity contribution < 1.29 is 9.13 Å². The van der Waals surface area contributed by atoms with E-state index in [1.807, 2.05) is 16.8 Å². The molecule has 3 heterocycles. The quantitative estimate of drug-likeness (QED) is 0.478. The van der Waals surface area contributed by atoms with Gasteiger partial charge >= 0.3 is 0 Å². The molecule has 2 atom stereocenters. The fourth-order valence-corrected chi connectivity index (χ4v) is 4.85. The fraction of sp³-hybridized carbons (Fsp3) is 0.375. The maximum Gasteiger partial charge on any atom is 0.261 e. The molecule has 0 saturated heterocycles. The number of hydrogen-bond donors (Lipinski definition) is 0. The Kier molecular flexibility index (Phi) is 5.06. The zero-order valence-electron chi connectivity index (χ0n) is 17.7. The molecule has 1 aliphatic rings. The van der Waals surface area contributed by atoms with Crippen molar-refractivity contribution in [3.05, 3.63) is 64.6 Å². The SMILES string of the molecule is COCc1nn2c(ncc3c(=O)n([C@@H]4CCCC[C@H]4C)ccc32)c1-c1ccc(F)cc1. The molecule has 0 unspecified atom stereocenters. The topological polar surface area (TPSA) is 61.4 Å². The number of ether oxygens (including phenoxy) is 1. The summed E-state index contributed by atoms with van der Waals surface area (Å²) in [6.45, 7) is 2.51. The van der Waals surface area contributed by atoms with E-state index in [1.165, 1.54) is 18.6 Å². The van der Waals surface area contributed by atoms with Crippen molar-refractivity contribution in [2.75, 3.05) is 7.11 Å². The fourth-order valence-electron chi connectivity index (χ4n) is 4.85. The molecule has 0 radical (unpaired) electrons. The number of halogens is 1. The second-order valence-electron chi connectivity index (χ2n) is 8.41. The van der Waals surface area contributed by atoms with Crippen LogP contribution in [-0.2, 0) is 11.3 Å². The molecule has 0 N–H and O–H groups in total. The van der Waals surface area contributed by atoms with Crippen molar-refractivity contribution in [2.24, 2.45) is 5.92 Å². The zero-order valence-corrected chi connectivity index (χ0v) is 17.7. The van der Waals surface area contributed by atoms with E-state index in [0.717, 1.165) is 30.4 Å². The third-order valence-electron chi connectivity index (χ3n) is 6.45. The first kappa shape index (κ1) is 19.9. The van der Waals surface area contributed by atoms with Gasteiger partial charge in [-0.25, -0.2) is 13.9 Å². The molecule has 0 spiro atoms. The first-order valence-electron chi connectivity index (χ1n) is 10.7. The monoisotopic (exact) mass is 420 g/mol. The highest BCUT2D eigenvalue weighted by Crippen LogP contribution is 2.33. The van der Waals surface area contributed by atoms with Gasteiger partial charge in [0.25, 0.3) is 5.56 Å². The van der Waals surface area contributed by atoms with Crippen LogP contribution >= 0.6 is 0 Å². The maximum absolute atomic E-state index is 13.5. The van der Waals surface area contributed by atoms with Gasteiger partial charge in [0.1, 0.15) is 5.82 Å². The largest absolute Gasteiger partial charge is 0.378 e. The van der Waals surface area contributed by atoms with E-state index in [2.05, 4.69) is 11.9 Å². The standard InChI is InChI=1S/C24H25FN4O2/c1-15-5-3-4-6-20(15)28-12-11-21-18(24(28)30)13-26-23-22(16-7-9-17(25)10-8-16)19(14-31-2)27-29(21)23/h7-13,15,20H,3-6,14H2,1-2H3/t15-,20-/m1/s1. The van der Waals surface area contributed by atoms with Crippen LogP contribution < -0.4 is 5.56 Å². The number of nitrogens with zero attached hydrogens (tertiary/aromatic N) is 4. The van der Waals surface area contributed by atoms with Crippen LogP contribution in [0.25, 0.3) is 27.7 Å². The summed E-state index contributed by atoms with van der Waals surface area (Å²) in [5.74, 6) is 0.174. The number of pyridine rings is 1. The van der Waals surface area contributed by atoms with Gasteiger partial charge < -0.3 is 9.30 Å². The van der Waals surface area contributed by atoms with Gasteiger partial charge in [0, 0.05) is 25.5 Å². The maximum atomic E-state index is 13.5. The first-order valence-corrected chi connectivity index (χ1v) is 10.7. The highest BCUT2D eigenvalue weighted by Gasteiger charge is 2.25. The van der Waals surface area contributed by atoms with Crippen molar-refractivity contribution in [3.8, 4) is 11.1 Å². The minimum Gasteiger partial charge on any atom is -0.378 e. The third-order valence-corrected chi connectivity index (χ3v) is 6.45. The minimum atomic E-state index is -0.301. The Morgan fingerprint density at radius 3 is 2.68 bits per heavy atom. The number of hydrogen-bond acceptors (Lipinski definition) is 4. The molecule has 1 saturated carbocycles. The summed E-state index contributed by atoms with van der Waals surface area (Å²) in [6, 6.07) is 8.42. The van der Waals surface area contributed by atoms with E-state index in [9.17, 15) is 9.18 Å². The first-order chi connectivity index (χ1) is 15.1. The minimum absolute atomic E-state index is 0.0298. The molecule has 0 amide bonds. The Morgan fingerprint density at radius 2 is 1.94 bits per heavy atom. The molecular weight excluding hydrogens is 395 g/mol. The van der Waals surface area contributed by atoms with Crippen molar-refractivity contribution in [3.63, 3.8) is 0 Å². The van der Waals surface area contributed by atoms with Crippen molar-refractivity contribution >= 4 is 16.6 Å². The highest BCUT2D eigenvalue weighted by atomic mass is 19.1. The summed E-state index contributed by atoms with van der Waals surface area (Å²) >= 11 is 0. The van der Waals surface area contributed by atoms with Gasteiger partial charge in [0.05, 0.1) is 28.8 Å². The molecule has 1 aliphatic carbocycles. The number of benzene rings is 1. The Bertz CT molecular complexity index is 1310. The number of fused-ring (bicyclic) bond motifs is 3. The molecule has 5 rings (SSSR count). The van der Waals surface area contributed by atoms with Crippen LogP contribution in [0.5, 0.6) is 0 Å². The van der Waals surface area contributed by atoms with Crippen molar-refractivity contribution in [1.82, 2.24) is 19.2 Å². The molecule has 3 aromatic heterocycles. The molecule has 1 fully saturated rings. The molecule has 7 heteroatoms. The van der Waals surface area contributed by atoms with Gasteiger partial charge in [-0.1, -0.05) is 31.9 Å². The van der Waals surface area contributed by atoms with Crippen LogP contribution in [0.3, 0.4) is 0 Å². The van der Waals surface area contributed by atoms with Crippen molar-refractivity contribution in [1.29, 1.82) is 0 Å². The number of methoxy groups -OCH3 is 1. The summed E-state index contributed by atoms with van der Waals surface area (Å²) in [5, 5.41) is 5.26. The van der Waals surface area contributed by atoms with Crippen LogP contribution in [0.4, 0.5) is 4.39 Å². The van der Waals surface area contributed by atoms with E-state index in [0.29, 0.717) is 28.2 Å². The van der Waals surface area contributed by atoms with Gasteiger partial charge in [-0.3, -0.25) is 4.79 Å². The van der Waals surface area contributed by atoms with Crippen LogP contribution in [0.2, 0.25) is 0 Å². The van der Waals surface area contributed by atoms with Gasteiger partial charge in [-0.05, 0) is 42.5 Å². The molecule has 0 bridgehead atoms. The highest BCUT2D eigenvalue weighted by molar-refractivity contribution is 5.86. The second kappa shape index (κ2) is 7.89. The Morgan fingerprint density at radius 1 is 1.16 bits per heavy atom. The predicted molar refractivity (Wildman–Crippen MR) is 118 cm³/mol. The second-order valence-corrected chi connectivity index (χ2v) is 8.41. The normalized spacial score (nSPS) is 19.3. The molecule has 6 nitrogen and oxygen atoms in total. The molecule has 31 heavy (non-hydrogen) atoms. The van der Waals surface area contributed by atoms with Crippen LogP contribution in [0.15, 0.2) is 47.5 Å². The lowest BCUT2D eigenvalue weighted by molar-refractivity contribution is 0.181. The summed E-state index contributed by atoms with van der Waals surface area (Å²) in [7, 11) is 1.61. The molecule has 1 aromatic carbocycles. The van der Waals surface area contributed by atoms with E-state index in [4.69, 9.17) is 9.84 Å². The van der Waals surface area contributed by atoms with Gasteiger partial charge in [0.2, 0.25) is 0 Å². The predicted octanol–water partition coefficient (Wildman–Crippen LogP) is 4.75. The molecular formula is C24H25FN4O2. The molecule has 160 valence electrons. The lowest BCUT2D eigenvalue weighted by Gasteiger charge is -2.30. The van der Waals surface area contributed by atoms with E-state index >= 15 is 0 Å². The smallest absolute Gasteiger partial charge is 0.261 e. The summed E-state index contributed by atoms with van der Waals surface area (Å²) < 4.78 is 22.4. The summed E-state index contributed by atoms with van der Waals surface area (Å²) in [5.41, 5.74) is 3.58. The van der Waals surface area contributed by atoms with Crippen LogP contribution in [-0.4, -0.2) is 26.3 Å². The third kappa shape index (κ3) is 3.33. The van der Waals surface area contributed by atoms with Gasteiger partial charge in [-0.15, -0.1) is 0 Å². The number of aromatic nitrogens is 4. The Labute approximate surface area is 179 Å². The van der Waals surface area contributed by atoms with Gasteiger partial charge in [0.15, 0.2) is 5.65 Å². The number of rotatable bonds is 4.